The first-order valence-electron chi connectivity index (χ1n) is 4.54. The molecule has 16 heavy (non-hydrogen) atoms. The maximum absolute atomic E-state index is 13.7. The molecule has 0 radical (unpaired) electrons. The summed E-state index contributed by atoms with van der Waals surface area (Å²) in [4.78, 5) is 0. The van der Waals surface area contributed by atoms with Gasteiger partial charge in [0, 0.05) is 0 Å². The summed E-state index contributed by atoms with van der Waals surface area (Å²) in [5, 5.41) is 7.38. The van der Waals surface area contributed by atoms with E-state index in [2.05, 4.69) is 10.2 Å². The highest BCUT2D eigenvalue weighted by Gasteiger charge is 2.14. The monoisotopic (exact) mass is 240 g/mol. The molecule has 0 spiro atoms. The zero-order chi connectivity index (χ0) is 11.7. The average Bonchev–Trinajstić information content (AvgIpc) is 2.27. The Bertz CT molecular complexity index is 526. The largest absolute Gasteiger partial charge is 0.206 e. The molecule has 0 saturated carbocycles. The molecular formula is C11H7ClF2N2. The number of aromatic nitrogens is 2. The van der Waals surface area contributed by atoms with Crippen molar-refractivity contribution < 1.29 is 8.78 Å². The Morgan fingerprint density at radius 1 is 1.06 bits per heavy atom. The van der Waals surface area contributed by atoms with Crippen LogP contribution in [0.2, 0.25) is 5.15 Å². The molecule has 2 rings (SSSR count). The van der Waals surface area contributed by atoms with E-state index >= 15 is 0 Å². The van der Waals surface area contributed by atoms with E-state index < -0.39 is 11.6 Å². The first-order chi connectivity index (χ1) is 7.59. The van der Waals surface area contributed by atoms with Crippen LogP contribution in [0.25, 0.3) is 11.3 Å². The molecule has 5 heteroatoms. The third-order valence-corrected chi connectivity index (χ3v) is 2.37. The van der Waals surface area contributed by atoms with Crippen molar-refractivity contribution in [1.29, 1.82) is 0 Å². The molecule has 1 aromatic carbocycles. The van der Waals surface area contributed by atoms with Crippen LogP contribution in [0.15, 0.2) is 24.3 Å². The third kappa shape index (κ3) is 1.88. The molecule has 82 valence electrons. The molecule has 0 aliphatic heterocycles. The summed E-state index contributed by atoms with van der Waals surface area (Å²) >= 11 is 5.55. The Morgan fingerprint density at radius 3 is 2.44 bits per heavy atom. The molecule has 0 N–H and O–H groups in total. The third-order valence-electron chi connectivity index (χ3n) is 2.17. The maximum Gasteiger partial charge on any atom is 0.151 e. The standard InChI is InChI=1S/C11H7ClF2N2/c1-6-2-3-7(13)10(11(6)14)8-4-5-9(12)16-15-8/h2-5H,1H3. The van der Waals surface area contributed by atoms with Gasteiger partial charge in [-0.2, -0.15) is 0 Å². The van der Waals surface area contributed by atoms with E-state index in [0.717, 1.165) is 0 Å². The average molecular weight is 241 g/mol. The van der Waals surface area contributed by atoms with Crippen LogP contribution >= 0.6 is 11.6 Å². The molecule has 0 aliphatic carbocycles. The molecular weight excluding hydrogens is 234 g/mol. The van der Waals surface area contributed by atoms with E-state index in [1.807, 2.05) is 0 Å². The van der Waals surface area contributed by atoms with Crippen LogP contribution in [0, 0.1) is 18.6 Å². The number of halogens is 3. The van der Waals surface area contributed by atoms with Gasteiger partial charge in [-0.25, -0.2) is 8.78 Å². The van der Waals surface area contributed by atoms with Crippen molar-refractivity contribution >= 4 is 11.6 Å². The normalized spacial score (nSPS) is 10.5. The first-order valence-corrected chi connectivity index (χ1v) is 4.91. The summed E-state index contributed by atoms with van der Waals surface area (Å²) in [7, 11) is 0. The minimum Gasteiger partial charge on any atom is -0.206 e. The number of rotatable bonds is 1. The fourth-order valence-electron chi connectivity index (χ4n) is 1.34. The lowest BCUT2D eigenvalue weighted by Crippen LogP contribution is -1.96. The van der Waals surface area contributed by atoms with E-state index in [0.29, 0.717) is 5.56 Å². The molecule has 1 aromatic heterocycles. The molecule has 0 aliphatic rings. The van der Waals surface area contributed by atoms with Crippen LogP contribution < -0.4 is 0 Å². The van der Waals surface area contributed by atoms with Gasteiger partial charge in [0.05, 0.1) is 11.3 Å². The van der Waals surface area contributed by atoms with Crippen LogP contribution in [0.1, 0.15) is 5.56 Å². The lowest BCUT2D eigenvalue weighted by Gasteiger charge is -2.05. The smallest absolute Gasteiger partial charge is 0.151 e. The zero-order valence-electron chi connectivity index (χ0n) is 8.34. The van der Waals surface area contributed by atoms with Gasteiger partial charge in [0.15, 0.2) is 5.15 Å². The number of benzene rings is 1. The van der Waals surface area contributed by atoms with Crippen molar-refractivity contribution in [3.63, 3.8) is 0 Å². The molecule has 0 unspecified atom stereocenters. The molecule has 0 fully saturated rings. The Morgan fingerprint density at radius 2 is 1.81 bits per heavy atom. The van der Waals surface area contributed by atoms with E-state index in [1.165, 1.54) is 24.3 Å². The minimum atomic E-state index is -0.667. The van der Waals surface area contributed by atoms with Crippen molar-refractivity contribution in [3.05, 3.63) is 46.6 Å². The van der Waals surface area contributed by atoms with Crippen LogP contribution in [-0.2, 0) is 0 Å². The quantitative estimate of drug-likeness (QED) is 0.764. The van der Waals surface area contributed by atoms with E-state index in [4.69, 9.17) is 11.6 Å². The Balaban J connectivity index is 2.63. The molecule has 0 bridgehead atoms. The lowest BCUT2D eigenvalue weighted by molar-refractivity contribution is 0.582. The Labute approximate surface area is 95.9 Å². The van der Waals surface area contributed by atoms with Gasteiger partial charge in [-0.05, 0) is 30.7 Å². The fraction of sp³-hybridized carbons (Fsp3) is 0.0909. The van der Waals surface area contributed by atoms with E-state index in [-0.39, 0.29) is 16.4 Å². The van der Waals surface area contributed by atoms with Crippen molar-refractivity contribution in [2.45, 2.75) is 6.92 Å². The van der Waals surface area contributed by atoms with Crippen LogP contribution in [0.5, 0.6) is 0 Å². The Hall–Kier alpha value is -1.55. The second kappa shape index (κ2) is 4.14. The number of nitrogens with zero attached hydrogens (tertiary/aromatic N) is 2. The predicted molar refractivity (Wildman–Crippen MR) is 57.1 cm³/mol. The summed E-state index contributed by atoms with van der Waals surface area (Å²) < 4.78 is 27.2. The second-order valence-corrected chi connectivity index (χ2v) is 3.68. The predicted octanol–water partition coefficient (Wildman–Crippen LogP) is 3.38. The van der Waals surface area contributed by atoms with Crippen molar-refractivity contribution in [1.82, 2.24) is 10.2 Å². The molecule has 2 nitrogen and oxygen atoms in total. The van der Waals surface area contributed by atoms with Gasteiger partial charge in [0.25, 0.3) is 0 Å². The van der Waals surface area contributed by atoms with Gasteiger partial charge in [0.2, 0.25) is 0 Å². The first kappa shape index (κ1) is 11.0. The second-order valence-electron chi connectivity index (χ2n) is 3.29. The molecule has 2 aromatic rings. The number of hydrogen-bond donors (Lipinski definition) is 0. The molecule has 0 amide bonds. The van der Waals surface area contributed by atoms with Gasteiger partial charge in [0.1, 0.15) is 11.6 Å². The summed E-state index contributed by atoms with van der Waals surface area (Å²) in [6.45, 7) is 1.56. The summed E-state index contributed by atoms with van der Waals surface area (Å²) in [5.41, 5.74) is 0.306. The molecule has 0 atom stereocenters. The zero-order valence-corrected chi connectivity index (χ0v) is 9.09. The number of aryl methyl sites for hydroxylation is 1. The summed E-state index contributed by atoms with van der Waals surface area (Å²) in [6.07, 6.45) is 0. The minimum absolute atomic E-state index is 0.128. The van der Waals surface area contributed by atoms with Gasteiger partial charge in [-0.1, -0.05) is 17.7 Å². The van der Waals surface area contributed by atoms with Gasteiger partial charge < -0.3 is 0 Å². The Kier molecular flexibility index (Phi) is 2.83. The molecule has 0 saturated heterocycles. The maximum atomic E-state index is 13.7. The summed E-state index contributed by atoms with van der Waals surface area (Å²) in [6, 6.07) is 5.43. The van der Waals surface area contributed by atoms with E-state index in [1.54, 1.807) is 6.92 Å². The SMILES string of the molecule is Cc1ccc(F)c(-c2ccc(Cl)nn2)c1F. The number of hydrogen-bond acceptors (Lipinski definition) is 2. The van der Waals surface area contributed by atoms with Crippen LogP contribution in [-0.4, -0.2) is 10.2 Å². The van der Waals surface area contributed by atoms with Crippen LogP contribution in [0.3, 0.4) is 0 Å². The van der Waals surface area contributed by atoms with Gasteiger partial charge in [-0.15, -0.1) is 10.2 Å². The topological polar surface area (TPSA) is 25.8 Å². The highest BCUT2D eigenvalue weighted by atomic mass is 35.5. The summed E-state index contributed by atoms with van der Waals surface area (Å²) in [5.74, 6) is -1.30. The van der Waals surface area contributed by atoms with Crippen molar-refractivity contribution in [2.75, 3.05) is 0 Å². The van der Waals surface area contributed by atoms with Gasteiger partial charge in [-0.3, -0.25) is 0 Å². The van der Waals surface area contributed by atoms with Crippen molar-refractivity contribution in [2.24, 2.45) is 0 Å². The highest BCUT2D eigenvalue weighted by molar-refractivity contribution is 6.29. The van der Waals surface area contributed by atoms with Crippen LogP contribution in [0.4, 0.5) is 8.78 Å². The lowest BCUT2D eigenvalue weighted by atomic mass is 10.1. The fourth-order valence-corrected chi connectivity index (χ4v) is 1.44. The molecule has 1 heterocycles. The van der Waals surface area contributed by atoms with Crippen molar-refractivity contribution in [3.8, 4) is 11.3 Å². The van der Waals surface area contributed by atoms with Gasteiger partial charge >= 0.3 is 0 Å². The highest BCUT2D eigenvalue weighted by Crippen LogP contribution is 2.26. The van der Waals surface area contributed by atoms with E-state index in [9.17, 15) is 8.78 Å².